The summed E-state index contributed by atoms with van der Waals surface area (Å²) in [6.07, 6.45) is -4.55. The van der Waals surface area contributed by atoms with E-state index in [0.717, 1.165) is 0 Å². The molecule has 6 heteroatoms. The average Bonchev–Trinajstić information content (AvgIpc) is 2.11. The minimum absolute atomic E-state index is 0.00463. The molecule has 0 radical (unpaired) electrons. The van der Waals surface area contributed by atoms with E-state index in [1.807, 2.05) is 0 Å². The van der Waals surface area contributed by atoms with Crippen molar-refractivity contribution in [2.75, 3.05) is 0 Å². The van der Waals surface area contributed by atoms with Crippen LogP contribution in [0.15, 0.2) is 10.5 Å². The summed E-state index contributed by atoms with van der Waals surface area (Å²) in [4.78, 5) is 10.8. The van der Waals surface area contributed by atoms with Crippen LogP contribution in [0, 0.1) is 13.8 Å². The van der Waals surface area contributed by atoms with Gasteiger partial charge < -0.3 is 5.11 Å². The number of alkyl halides is 3. The van der Waals surface area contributed by atoms with Crippen molar-refractivity contribution < 1.29 is 23.1 Å². The second kappa shape index (κ2) is 4.08. The number of aromatic carboxylic acids is 1. The third-order valence-corrected chi connectivity index (χ3v) is 3.48. The second-order valence-electron chi connectivity index (χ2n) is 3.34. The van der Waals surface area contributed by atoms with Gasteiger partial charge in [0.1, 0.15) is 0 Å². The SMILES string of the molecule is Cc1c(C(=O)O)cc(C(F)(F)F)c(C)c1Br. The lowest BCUT2D eigenvalue weighted by molar-refractivity contribution is -0.138. The number of carbonyl (C=O) groups is 1. The van der Waals surface area contributed by atoms with Crippen molar-refractivity contribution in [2.45, 2.75) is 20.0 Å². The van der Waals surface area contributed by atoms with Crippen LogP contribution in [0.5, 0.6) is 0 Å². The molecule has 1 N–H and O–H groups in total. The Hall–Kier alpha value is -1.04. The third-order valence-electron chi connectivity index (χ3n) is 2.29. The van der Waals surface area contributed by atoms with E-state index in [0.29, 0.717) is 6.07 Å². The van der Waals surface area contributed by atoms with Gasteiger partial charge in [-0.1, -0.05) is 15.9 Å². The lowest BCUT2D eigenvalue weighted by atomic mass is 9.99. The monoisotopic (exact) mass is 296 g/mol. The number of rotatable bonds is 1. The summed E-state index contributed by atoms with van der Waals surface area (Å²) >= 11 is 2.98. The molecular formula is C10H8BrF3O2. The van der Waals surface area contributed by atoms with E-state index in [2.05, 4.69) is 15.9 Å². The van der Waals surface area contributed by atoms with Crippen molar-refractivity contribution in [2.24, 2.45) is 0 Å². The molecule has 0 amide bonds. The highest BCUT2D eigenvalue weighted by Gasteiger charge is 2.34. The van der Waals surface area contributed by atoms with Gasteiger partial charge in [-0.2, -0.15) is 13.2 Å². The molecule has 1 rings (SSSR count). The first-order valence-electron chi connectivity index (χ1n) is 4.26. The van der Waals surface area contributed by atoms with Crippen molar-refractivity contribution in [1.82, 2.24) is 0 Å². The number of hydrogen-bond donors (Lipinski definition) is 1. The topological polar surface area (TPSA) is 37.3 Å². The van der Waals surface area contributed by atoms with Crippen molar-refractivity contribution in [3.63, 3.8) is 0 Å². The Morgan fingerprint density at radius 1 is 1.31 bits per heavy atom. The molecule has 0 atom stereocenters. The van der Waals surface area contributed by atoms with E-state index in [9.17, 15) is 18.0 Å². The van der Waals surface area contributed by atoms with Crippen LogP contribution in [0.1, 0.15) is 27.0 Å². The van der Waals surface area contributed by atoms with Crippen LogP contribution in [-0.2, 0) is 6.18 Å². The molecule has 0 heterocycles. The fraction of sp³-hybridized carbons (Fsp3) is 0.300. The molecule has 0 aromatic heterocycles. The predicted octanol–water partition coefficient (Wildman–Crippen LogP) is 3.78. The van der Waals surface area contributed by atoms with Crippen LogP contribution >= 0.6 is 15.9 Å². The van der Waals surface area contributed by atoms with Gasteiger partial charge in [-0.05, 0) is 31.0 Å². The van der Waals surface area contributed by atoms with E-state index in [1.54, 1.807) is 0 Å². The number of carboxylic acid groups (broad SMARTS) is 1. The van der Waals surface area contributed by atoms with E-state index >= 15 is 0 Å². The van der Waals surface area contributed by atoms with Crippen LogP contribution in [-0.4, -0.2) is 11.1 Å². The van der Waals surface area contributed by atoms with E-state index in [4.69, 9.17) is 5.11 Å². The zero-order chi connectivity index (χ0) is 12.7. The first kappa shape index (κ1) is 13.0. The molecule has 0 unspecified atom stereocenters. The molecule has 0 saturated carbocycles. The number of halogens is 4. The molecular weight excluding hydrogens is 289 g/mol. The highest BCUT2D eigenvalue weighted by Crippen LogP contribution is 2.37. The van der Waals surface area contributed by atoms with Gasteiger partial charge in [0, 0.05) is 4.47 Å². The lowest BCUT2D eigenvalue weighted by Crippen LogP contribution is -2.12. The average molecular weight is 297 g/mol. The molecule has 0 fully saturated rings. The third kappa shape index (κ3) is 2.21. The molecule has 0 bridgehead atoms. The summed E-state index contributed by atoms with van der Waals surface area (Å²) in [5, 5.41) is 8.78. The first-order chi connectivity index (χ1) is 7.16. The predicted molar refractivity (Wildman–Crippen MR) is 55.6 cm³/mol. The number of hydrogen-bond acceptors (Lipinski definition) is 1. The molecule has 0 saturated heterocycles. The zero-order valence-corrected chi connectivity index (χ0v) is 10.0. The normalized spacial score (nSPS) is 11.6. The smallest absolute Gasteiger partial charge is 0.416 e. The molecule has 88 valence electrons. The Morgan fingerprint density at radius 2 is 1.81 bits per heavy atom. The first-order valence-corrected chi connectivity index (χ1v) is 5.05. The standard InChI is InChI=1S/C10H8BrF3O2/c1-4-6(9(15)16)3-7(10(12,13)14)5(2)8(4)11/h3H,1-2H3,(H,15,16). The van der Waals surface area contributed by atoms with Gasteiger partial charge in [-0.3, -0.25) is 0 Å². The summed E-state index contributed by atoms with van der Waals surface area (Å²) < 4.78 is 38.0. The van der Waals surface area contributed by atoms with Gasteiger partial charge in [0.15, 0.2) is 0 Å². The van der Waals surface area contributed by atoms with E-state index < -0.39 is 17.7 Å². The van der Waals surface area contributed by atoms with Crippen LogP contribution in [0.2, 0.25) is 0 Å². The molecule has 1 aromatic carbocycles. The summed E-state index contributed by atoms with van der Waals surface area (Å²) in [6.45, 7) is 2.76. The molecule has 2 nitrogen and oxygen atoms in total. The zero-order valence-electron chi connectivity index (χ0n) is 8.44. The number of carboxylic acids is 1. The largest absolute Gasteiger partial charge is 0.478 e. The summed E-state index contributed by atoms with van der Waals surface area (Å²) in [5.74, 6) is -1.37. The fourth-order valence-electron chi connectivity index (χ4n) is 1.40. The van der Waals surface area contributed by atoms with E-state index in [1.165, 1.54) is 13.8 Å². The summed E-state index contributed by atoms with van der Waals surface area (Å²) in [5.41, 5.74) is -0.986. The van der Waals surface area contributed by atoms with E-state index in [-0.39, 0.29) is 21.2 Å². The van der Waals surface area contributed by atoms with Crippen LogP contribution < -0.4 is 0 Å². The Bertz CT molecular complexity index is 452. The van der Waals surface area contributed by atoms with Crippen LogP contribution in [0.4, 0.5) is 13.2 Å². The molecule has 0 aliphatic rings. The van der Waals surface area contributed by atoms with Gasteiger partial charge >= 0.3 is 12.1 Å². The van der Waals surface area contributed by atoms with Gasteiger partial charge in [0.2, 0.25) is 0 Å². The van der Waals surface area contributed by atoms with Crippen LogP contribution in [0.3, 0.4) is 0 Å². The highest BCUT2D eigenvalue weighted by atomic mass is 79.9. The Morgan fingerprint density at radius 3 is 2.19 bits per heavy atom. The maximum absolute atomic E-state index is 12.6. The van der Waals surface area contributed by atoms with Gasteiger partial charge in [-0.15, -0.1) is 0 Å². The quantitative estimate of drug-likeness (QED) is 0.856. The van der Waals surface area contributed by atoms with Gasteiger partial charge in [0.05, 0.1) is 11.1 Å². The lowest BCUT2D eigenvalue weighted by Gasteiger charge is -2.15. The summed E-state index contributed by atoms with van der Waals surface area (Å²) in [6, 6.07) is 0.664. The molecule has 1 aromatic rings. The van der Waals surface area contributed by atoms with Crippen molar-refractivity contribution in [1.29, 1.82) is 0 Å². The minimum Gasteiger partial charge on any atom is -0.478 e. The highest BCUT2D eigenvalue weighted by molar-refractivity contribution is 9.10. The van der Waals surface area contributed by atoms with Crippen LogP contribution in [0.25, 0.3) is 0 Å². The summed E-state index contributed by atoms with van der Waals surface area (Å²) in [7, 11) is 0. The molecule has 0 aliphatic carbocycles. The Kier molecular flexibility index (Phi) is 3.33. The van der Waals surface area contributed by atoms with Gasteiger partial charge in [0.25, 0.3) is 0 Å². The minimum atomic E-state index is -4.55. The van der Waals surface area contributed by atoms with Crippen molar-refractivity contribution in [3.8, 4) is 0 Å². The molecule has 0 aliphatic heterocycles. The Balaban J connectivity index is 3.61. The Labute approximate surface area is 98.2 Å². The van der Waals surface area contributed by atoms with Crippen molar-refractivity contribution >= 4 is 21.9 Å². The molecule has 16 heavy (non-hydrogen) atoms. The maximum atomic E-state index is 12.6. The number of benzene rings is 1. The van der Waals surface area contributed by atoms with Gasteiger partial charge in [-0.25, -0.2) is 4.79 Å². The molecule has 0 spiro atoms. The second-order valence-corrected chi connectivity index (χ2v) is 4.13. The maximum Gasteiger partial charge on any atom is 0.416 e. The fourth-order valence-corrected chi connectivity index (χ4v) is 1.82. The van der Waals surface area contributed by atoms with Crippen molar-refractivity contribution in [3.05, 3.63) is 32.8 Å².